The van der Waals surface area contributed by atoms with Gasteiger partial charge in [0.05, 0.1) is 12.2 Å². The van der Waals surface area contributed by atoms with E-state index in [9.17, 15) is 9.59 Å². The fraction of sp³-hybridized carbons (Fsp3) is 0.706. The van der Waals surface area contributed by atoms with Crippen LogP contribution < -0.4 is 5.32 Å². The van der Waals surface area contributed by atoms with Crippen LogP contribution in [-0.4, -0.2) is 59.5 Å². The van der Waals surface area contributed by atoms with Crippen molar-refractivity contribution >= 4 is 11.8 Å². The van der Waals surface area contributed by atoms with Crippen molar-refractivity contribution < 1.29 is 14.1 Å². The molecule has 24 heavy (non-hydrogen) atoms. The van der Waals surface area contributed by atoms with E-state index in [0.29, 0.717) is 13.0 Å². The molecule has 7 nitrogen and oxygen atoms in total. The summed E-state index contributed by atoms with van der Waals surface area (Å²) in [6.45, 7) is 8.18. The minimum Gasteiger partial charge on any atom is -0.360 e. The van der Waals surface area contributed by atoms with Crippen LogP contribution in [0.4, 0.5) is 0 Å². The van der Waals surface area contributed by atoms with E-state index in [2.05, 4.69) is 15.4 Å². The molecule has 0 spiro atoms. The van der Waals surface area contributed by atoms with E-state index in [1.165, 1.54) is 6.92 Å². The summed E-state index contributed by atoms with van der Waals surface area (Å²) < 4.78 is 5.24. The molecular formula is C17H28N4O3. The number of piperazine rings is 1. The van der Waals surface area contributed by atoms with E-state index in [1.807, 2.05) is 17.9 Å². The molecule has 2 heterocycles. The van der Waals surface area contributed by atoms with Gasteiger partial charge in [-0.25, -0.2) is 0 Å². The number of nitrogens with zero attached hydrogens (tertiary/aromatic N) is 3. The third-order valence-corrected chi connectivity index (χ3v) is 4.22. The molecule has 1 aliphatic heterocycles. The first-order valence-corrected chi connectivity index (χ1v) is 8.71. The minimum atomic E-state index is 0.00411. The molecule has 1 fully saturated rings. The predicted octanol–water partition coefficient (Wildman–Crippen LogP) is 1.32. The van der Waals surface area contributed by atoms with Gasteiger partial charge in [-0.15, -0.1) is 0 Å². The Balaban J connectivity index is 1.57. The molecule has 0 unspecified atom stereocenters. The zero-order valence-corrected chi connectivity index (χ0v) is 14.7. The number of unbranched alkanes of at least 4 members (excludes halogenated alkanes) is 2. The maximum atomic E-state index is 12.2. The SMILES string of the molecule is CC(=O)NCCCCCC(=O)N1CCN(Cc2cc(C)no2)CC1. The van der Waals surface area contributed by atoms with Gasteiger partial charge in [0.1, 0.15) is 0 Å². The summed E-state index contributed by atoms with van der Waals surface area (Å²) in [5, 5.41) is 6.67. The molecule has 0 bridgehead atoms. The highest BCUT2D eigenvalue weighted by Gasteiger charge is 2.21. The number of hydrogen-bond acceptors (Lipinski definition) is 5. The van der Waals surface area contributed by atoms with E-state index >= 15 is 0 Å². The van der Waals surface area contributed by atoms with E-state index in [0.717, 1.165) is 63.4 Å². The summed E-state index contributed by atoms with van der Waals surface area (Å²) >= 11 is 0. The highest BCUT2D eigenvalue weighted by molar-refractivity contribution is 5.76. The van der Waals surface area contributed by atoms with Gasteiger partial charge in [0.25, 0.3) is 0 Å². The first-order valence-electron chi connectivity index (χ1n) is 8.71. The van der Waals surface area contributed by atoms with Crippen molar-refractivity contribution in [3.8, 4) is 0 Å². The van der Waals surface area contributed by atoms with Gasteiger partial charge in [-0.3, -0.25) is 14.5 Å². The lowest BCUT2D eigenvalue weighted by atomic mass is 10.1. The average Bonchev–Trinajstić information content (AvgIpc) is 2.96. The average molecular weight is 336 g/mol. The Kier molecular flexibility index (Phi) is 7.24. The summed E-state index contributed by atoms with van der Waals surface area (Å²) in [6, 6.07) is 1.96. The van der Waals surface area contributed by atoms with Crippen LogP contribution in [0, 0.1) is 6.92 Å². The molecule has 0 aromatic carbocycles. The first-order chi connectivity index (χ1) is 11.5. The van der Waals surface area contributed by atoms with Gasteiger partial charge in [-0.05, 0) is 19.8 Å². The number of carbonyl (C=O) groups excluding carboxylic acids is 2. The lowest BCUT2D eigenvalue weighted by molar-refractivity contribution is -0.133. The zero-order valence-electron chi connectivity index (χ0n) is 14.7. The molecule has 2 amide bonds. The van der Waals surface area contributed by atoms with E-state index < -0.39 is 0 Å². The number of aryl methyl sites for hydroxylation is 1. The van der Waals surface area contributed by atoms with Crippen molar-refractivity contribution in [2.75, 3.05) is 32.7 Å². The van der Waals surface area contributed by atoms with Gasteiger partial charge >= 0.3 is 0 Å². The van der Waals surface area contributed by atoms with Crippen molar-refractivity contribution in [3.63, 3.8) is 0 Å². The Hall–Kier alpha value is -1.89. The van der Waals surface area contributed by atoms with Crippen molar-refractivity contribution in [1.29, 1.82) is 0 Å². The number of rotatable bonds is 8. The van der Waals surface area contributed by atoms with Crippen molar-refractivity contribution in [3.05, 3.63) is 17.5 Å². The Morgan fingerprint density at radius 1 is 1.21 bits per heavy atom. The Labute approximate surface area is 143 Å². The molecule has 1 aromatic heterocycles. The highest BCUT2D eigenvalue weighted by Crippen LogP contribution is 2.11. The summed E-state index contributed by atoms with van der Waals surface area (Å²) in [5.74, 6) is 1.13. The molecule has 1 saturated heterocycles. The molecule has 7 heteroatoms. The fourth-order valence-corrected chi connectivity index (χ4v) is 2.87. The summed E-state index contributed by atoms with van der Waals surface area (Å²) in [4.78, 5) is 27.2. The molecule has 2 rings (SSSR count). The maximum Gasteiger partial charge on any atom is 0.222 e. The van der Waals surface area contributed by atoms with Crippen molar-refractivity contribution in [1.82, 2.24) is 20.3 Å². The normalized spacial score (nSPS) is 15.5. The van der Waals surface area contributed by atoms with Crippen LogP contribution in [0.25, 0.3) is 0 Å². The summed E-state index contributed by atoms with van der Waals surface area (Å²) in [7, 11) is 0. The van der Waals surface area contributed by atoms with E-state index in [4.69, 9.17) is 4.52 Å². The second kappa shape index (κ2) is 9.42. The number of nitrogens with one attached hydrogen (secondary N) is 1. The van der Waals surface area contributed by atoms with Gasteiger partial charge in [0, 0.05) is 52.1 Å². The quantitative estimate of drug-likeness (QED) is 0.725. The monoisotopic (exact) mass is 336 g/mol. The molecule has 0 radical (unpaired) electrons. The van der Waals surface area contributed by atoms with Crippen LogP contribution in [0.1, 0.15) is 44.1 Å². The third-order valence-electron chi connectivity index (χ3n) is 4.22. The molecule has 0 aliphatic carbocycles. The highest BCUT2D eigenvalue weighted by atomic mass is 16.5. The first kappa shape index (κ1) is 18.4. The van der Waals surface area contributed by atoms with E-state index in [-0.39, 0.29) is 11.8 Å². The largest absolute Gasteiger partial charge is 0.360 e. The Morgan fingerprint density at radius 2 is 1.96 bits per heavy atom. The number of aromatic nitrogens is 1. The molecule has 0 atom stereocenters. The van der Waals surface area contributed by atoms with Gasteiger partial charge < -0.3 is 14.7 Å². The second-order valence-electron chi connectivity index (χ2n) is 6.39. The summed E-state index contributed by atoms with van der Waals surface area (Å²) in [5.41, 5.74) is 0.900. The maximum absolute atomic E-state index is 12.2. The van der Waals surface area contributed by atoms with Crippen molar-refractivity contribution in [2.45, 2.75) is 46.1 Å². The van der Waals surface area contributed by atoms with E-state index in [1.54, 1.807) is 0 Å². The van der Waals surface area contributed by atoms with Crippen LogP contribution in [-0.2, 0) is 16.1 Å². The van der Waals surface area contributed by atoms with Crippen molar-refractivity contribution in [2.24, 2.45) is 0 Å². The molecule has 1 N–H and O–H groups in total. The van der Waals surface area contributed by atoms with Crippen LogP contribution in [0.5, 0.6) is 0 Å². The number of amides is 2. The number of carbonyl (C=O) groups is 2. The summed E-state index contributed by atoms with van der Waals surface area (Å²) in [6.07, 6.45) is 3.38. The van der Waals surface area contributed by atoms with Gasteiger partial charge in [-0.1, -0.05) is 11.6 Å². The standard InChI is InChI=1S/C17H28N4O3/c1-14-12-16(24-19-14)13-20-8-10-21(11-9-20)17(23)6-4-3-5-7-18-15(2)22/h12H,3-11,13H2,1-2H3,(H,18,22). The van der Waals surface area contributed by atoms with Crippen LogP contribution in [0.15, 0.2) is 10.6 Å². The molecule has 134 valence electrons. The Bertz CT molecular complexity index is 536. The third kappa shape index (κ3) is 6.31. The fourth-order valence-electron chi connectivity index (χ4n) is 2.87. The number of hydrogen-bond donors (Lipinski definition) is 1. The molecule has 0 saturated carbocycles. The second-order valence-corrected chi connectivity index (χ2v) is 6.39. The smallest absolute Gasteiger partial charge is 0.222 e. The zero-order chi connectivity index (χ0) is 17.4. The topological polar surface area (TPSA) is 78.7 Å². The lowest BCUT2D eigenvalue weighted by Gasteiger charge is -2.34. The lowest BCUT2D eigenvalue weighted by Crippen LogP contribution is -2.48. The van der Waals surface area contributed by atoms with Gasteiger partial charge in [0.2, 0.25) is 11.8 Å². The Morgan fingerprint density at radius 3 is 2.58 bits per heavy atom. The molecular weight excluding hydrogens is 308 g/mol. The van der Waals surface area contributed by atoms with Gasteiger partial charge in [-0.2, -0.15) is 0 Å². The molecule has 1 aromatic rings. The molecule has 1 aliphatic rings. The van der Waals surface area contributed by atoms with Crippen LogP contribution in [0.3, 0.4) is 0 Å². The van der Waals surface area contributed by atoms with Crippen LogP contribution >= 0.6 is 0 Å². The minimum absolute atomic E-state index is 0.00411. The van der Waals surface area contributed by atoms with Gasteiger partial charge in [0.15, 0.2) is 5.76 Å². The van der Waals surface area contributed by atoms with Crippen LogP contribution in [0.2, 0.25) is 0 Å². The predicted molar refractivity (Wildman–Crippen MR) is 90.2 cm³/mol.